The number of urea groups is 1. The fraction of sp³-hybridized carbons (Fsp3) is 0.286. The molecule has 0 fully saturated rings. The molecule has 11 heavy (non-hydrogen) atoms. The van der Waals surface area contributed by atoms with Crippen molar-refractivity contribution in [1.29, 1.82) is 0 Å². The Balaban J connectivity index is 4.12. The molecule has 0 heterocycles. The predicted octanol–water partition coefficient (Wildman–Crippen LogP) is 1.30. The first-order chi connectivity index (χ1) is 5.11. The summed E-state index contributed by atoms with van der Waals surface area (Å²) >= 11 is 0. The van der Waals surface area contributed by atoms with Crippen LogP contribution in [0.2, 0.25) is 0 Å². The molecule has 0 aliphatic carbocycles. The molecule has 0 bridgehead atoms. The van der Waals surface area contributed by atoms with Gasteiger partial charge in [-0.05, 0) is 12.5 Å². The van der Waals surface area contributed by atoms with E-state index in [9.17, 15) is 9.18 Å². The molecular formula is C7H11FN2O. The van der Waals surface area contributed by atoms with Gasteiger partial charge in [-0.1, -0.05) is 6.58 Å². The molecule has 0 atom stereocenters. The van der Waals surface area contributed by atoms with E-state index in [0.717, 1.165) is 0 Å². The van der Waals surface area contributed by atoms with Crippen molar-refractivity contribution in [2.24, 2.45) is 0 Å². The van der Waals surface area contributed by atoms with Gasteiger partial charge in [0.2, 0.25) is 0 Å². The Hall–Kier alpha value is -1.32. The third-order valence-electron chi connectivity index (χ3n) is 1.04. The Kier molecular flexibility index (Phi) is 3.95. The Labute approximate surface area is 65.0 Å². The molecule has 3 nitrogen and oxygen atoms in total. The molecule has 0 aromatic carbocycles. The number of rotatable bonds is 2. The first-order valence-corrected chi connectivity index (χ1v) is 3.06. The summed E-state index contributed by atoms with van der Waals surface area (Å²) in [5, 5.41) is 4.54. The maximum absolute atomic E-state index is 11.9. The van der Waals surface area contributed by atoms with Crippen LogP contribution in [0.25, 0.3) is 0 Å². The van der Waals surface area contributed by atoms with Crippen molar-refractivity contribution in [1.82, 2.24) is 10.6 Å². The fourth-order valence-corrected chi connectivity index (χ4v) is 0.412. The predicted molar refractivity (Wildman–Crippen MR) is 41.6 cm³/mol. The standard InChI is InChI=1S/C7H11FN2O/c1-5(2)6(4-8)10-7(11)9-3/h4H,1H2,2-3H3,(H2,9,10,11)/b6-4-. The Bertz CT molecular complexity index is 199. The zero-order valence-electron chi connectivity index (χ0n) is 6.57. The molecule has 0 aliphatic heterocycles. The molecule has 4 heteroatoms. The zero-order chi connectivity index (χ0) is 8.85. The number of nitrogens with one attached hydrogen (secondary N) is 2. The van der Waals surface area contributed by atoms with E-state index in [4.69, 9.17) is 0 Å². The van der Waals surface area contributed by atoms with E-state index in [2.05, 4.69) is 17.2 Å². The molecule has 0 saturated heterocycles. The molecule has 0 saturated carbocycles. The summed E-state index contributed by atoms with van der Waals surface area (Å²) < 4.78 is 11.9. The molecule has 0 spiro atoms. The van der Waals surface area contributed by atoms with Gasteiger partial charge in [-0.2, -0.15) is 0 Å². The highest BCUT2D eigenvalue weighted by Crippen LogP contribution is 2.01. The number of amides is 2. The van der Waals surface area contributed by atoms with Gasteiger partial charge in [0.1, 0.15) is 6.33 Å². The summed E-state index contributed by atoms with van der Waals surface area (Å²) in [6.45, 7) is 5.06. The van der Waals surface area contributed by atoms with Crippen LogP contribution in [-0.2, 0) is 0 Å². The smallest absolute Gasteiger partial charge is 0.319 e. The second kappa shape index (κ2) is 4.49. The van der Waals surface area contributed by atoms with Crippen LogP contribution in [0, 0.1) is 0 Å². The highest BCUT2D eigenvalue weighted by molar-refractivity contribution is 5.76. The Morgan fingerprint density at radius 2 is 2.18 bits per heavy atom. The Morgan fingerprint density at radius 3 is 2.45 bits per heavy atom. The number of hydrogen-bond donors (Lipinski definition) is 2. The van der Waals surface area contributed by atoms with Gasteiger partial charge in [0, 0.05) is 7.05 Å². The van der Waals surface area contributed by atoms with Gasteiger partial charge in [0.25, 0.3) is 0 Å². The summed E-state index contributed by atoms with van der Waals surface area (Å²) in [6.07, 6.45) is 0.303. The highest BCUT2D eigenvalue weighted by Gasteiger charge is 2.01. The molecular weight excluding hydrogens is 147 g/mol. The van der Waals surface area contributed by atoms with E-state index in [-0.39, 0.29) is 5.70 Å². The number of carbonyl (C=O) groups excluding carboxylic acids is 1. The van der Waals surface area contributed by atoms with Crippen LogP contribution < -0.4 is 10.6 Å². The maximum Gasteiger partial charge on any atom is 0.319 e. The van der Waals surface area contributed by atoms with Crippen LogP contribution >= 0.6 is 0 Å². The van der Waals surface area contributed by atoms with Gasteiger partial charge in [-0.15, -0.1) is 0 Å². The summed E-state index contributed by atoms with van der Waals surface area (Å²) in [4.78, 5) is 10.6. The van der Waals surface area contributed by atoms with E-state index in [1.54, 1.807) is 6.92 Å². The van der Waals surface area contributed by atoms with Crippen molar-refractivity contribution < 1.29 is 9.18 Å². The molecule has 2 N–H and O–H groups in total. The lowest BCUT2D eigenvalue weighted by Crippen LogP contribution is -2.32. The lowest BCUT2D eigenvalue weighted by molar-refractivity contribution is 0.245. The quantitative estimate of drug-likeness (QED) is 0.584. The summed E-state index contributed by atoms with van der Waals surface area (Å²) in [5.41, 5.74) is 0.556. The third-order valence-corrected chi connectivity index (χ3v) is 1.04. The van der Waals surface area contributed by atoms with E-state index < -0.39 is 6.03 Å². The molecule has 0 aliphatic rings. The van der Waals surface area contributed by atoms with Crippen LogP contribution in [0.15, 0.2) is 24.2 Å². The Morgan fingerprint density at radius 1 is 1.64 bits per heavy atom. The fourth-order valence-electron chi connectivity index (χ4n) is 0.412. The first kappa shape index (κ1) is 9.68. The van der Waals surface area contributed by atoms with Gasteiger partial charge in [0.05, 0.1) is 5.70 Å². The molecule has 0 rings (SSSR count). The minimum atomic E-state index is -0.461. The second-order valence-corrected chi connectivity index (χ2v) is 2.01. The highest BCUT2D eigenvalue weighted by atomic mass is 19.1. The monoisotopic (exact) mass is 158 g/mol. The average Bonchev–Trinajstić information content (AvgIpc) is 1.99. The summed E-state index contributed by atoms with van der Waals surface area (Å²) in [7, 11) is 1.45. The largest absolute Gasteiger partial charge is 0.341 e. The SMILES string of the molecule is C=C(C)/C(=C/F)NC(=O)NC. The van der Waals surface area contributed by atoms with Crippen LogP contribution in [0.4, 0.5) is 9.18 Å². The maximum atomic E-state index is 11.9. The molecule has 0 radical (unpaired) electrons. The van der Waals surface area contributed by atoms with E-state index in [0.29, 0.717) is 11.9 Å². The van der Waals surface area contributed by atoms with E-state index in [1.165, 1.54) is 7.05 Å². The first-order valence-electron chi connectivity index (χ1n) is 3.06. The molecule has 0 aromatic heterocycles. The van der Waals surface area contributed by atoms with Gasteiger partial charge in [-0.25, -0.2) is 9.18 Å². The number of allylic oxidation sites excluding steroid dienone is 1. The number of hydrogen-bond acceptors (Lipinski definition) is 1. The van der Waals surface area contributed by atoms with Crippen molar-refractivity contribution in [3.8, 4) is 0 Å². The minimum Gasteiger partial charge on any atom is -0.341 e. The van der Waals surface area contributed by atoms with Crippen molar-refractivity contribution in [2.75, 3.05) is 7.05 Å². The lowest BCUT2D eigenvalue weighted by atomic mass is 10.3. The van der Waals surface area contributed by atoms with Crippen molar-refractivity contribution >= 4 is 6.03 Å². The molecule has 0 aromatic rings. The van der Waals surface area contributed by atoms with Gasteiger partial charge < -0.3 is 10.6 Å². The summed E-state index contributed by atoms with van der Waals surface area (Å²) in [6, 6.07) is -0.461. The third kappa shape index (κ3) is 3.40. The van der Waals surface area contributed by atoms with E-state index in [1.807, 2.05) is 0 Å². The molecule has 0 unspecified atom stereocenters. The van der Waals surface area contributed by atoms with Gasteiger partial charge >= 0.3 is 6.03 Å². The van der Waals surface area contributed by atoms with Crippen molar-refractivity contribution in [3.05, 3.63) is 24.2 Å². The summed E-state index contributed by atoms with van der Waals surface area (Å²) in [5.74, 6) is 0. The van der Waals surface area contributed by atoms with Gasteiger partial charge in [-0.3, -0.25) is 0 Å². The van der Waals surface area contributed by atoms with Crippen LogP contribution in [0.3, 0.4) is 0 Å². The van der Waals surface area contributed by atoms with Crippen molar-refractivity contribution in [2.45, 2.75) is 6.92 Å². The normalized spacial score (nSPS) is 10.6. The topological polar surface area (TPSA) is 41.1 Å². The molecule has 62 valence electrons. The van der Waals surface area contributed by atoms with E-state index >= 15 is 0 Å². The number of carbonyl (C=O) groups is 1. The van der Waals surface area contributed by atoms with Crippen molar-refractivity contribution in [3.63, 3.8) is 0 Å². The second-order valence-electron chi connectivity index (χ2n) is 2.01. The van der Waals surface area contributed by atoms with Crippen LogP contribution in [0.5, 0.6) is 0 Å². The minimum absolute atomic E-state index is 0.0874. The lowest BCUT2D eigenvalue weighted by Gasteiger charge is -2.05. The van der Waals surface area contributed by atoms with Crippen LogP contribution in [-0.4, -0.2) is 13.1 Å². The van der Waals surface area contributed by atoms with Gasteiger partial charge in [0.15, 0.2) is 0 Å². The number of halogens is 1. The van der Waals surface area contributed by atoms with Crippen LogP contribution in [0.1, 0.15) is 6.92 Å². The molecule has 2 amide bonds. The average molecular weight is 158 g/mol. The zero-order valence-corrected chi connectivity index (χ0v) is 6.57.